The van der Waals surface area contributed by atoms with Crippen LogP contribution in [0.25, 0.3) is 11.1 Å². The lowest BCUT2D eigenvalue weighted by Gasteiger charge is -1.99. The van der Waals surface area contributed by atoms with Crippen LogP contribution in [0.2, 0.25) is 0 Å². The second kappa shape index (κ2) is 3.10. The van der Waals surface area contributed by atoms with Crippen molar-refractivity contribution in [3.05, 3.63) is 36.4 Å². The monoisotopic (exact) mass is 189 g/mol. The molecule has 3 heteroatoms. The fourth-order valence-corrected chi connectivity index (χ4v) is 1.41. The van der Waals surface area contributed by atoms with Gasteiger partial charge in [-0.05, 0) is 5.56 Å². The lowest BCUT2D eigenvalue weighted by atomic mass is 10.1. The van der Waals surface area contributed by atoms with Gasteiger partial charge in [0.1, 0.15) is 0 Å². The van der Waals surface area contributed by atoms with Crippen LogP contribution in [0.3, 0.4) is 0 Å². The van der Waals surface area contributed by atoms with Gasteiger partial charge in [-0.2, -0.15) is 0 Å². The van der Waals surface area contributed by atoms with Crippen LogP contribution in [0, 0.1) is 0 Å². The second-order valence-corrected chi connectivity index (χ2v) is 3.16. The molecule has 3 nitrogen and oxygen atoms in total. The maximum atomic E-state index is 9.67. The molecule has 0 aliphatic heterocycles. The number of nitrogens with zero attached hydrogens (tertiary/aromatic N) is 1. The van der Waals surface area contributed by atoms with Gasteiger partial charge in [0, 0.05) is 18.7 Å². The van der Waals surface area contributed by atoms with Crippen LogP contribution in [-0.2, 0) is 7.05 Å². The van der Waals surface area contributed by atoms with Gasteiger partial charge in [0.25, 0.3) is 0 Å². The molecule has 1 heterocycles. The van der Waals surface area contributed by atoms with E-state index in [0.29, 0.717) is 5.56 Å². The second-order valence-electron chi connectivity index (χ2n) is 3.16. The van der Waals surface area contributed by atoms with Crippen LogP contribution in [-0.4, -0.2) is 14.8 Å². The van der Waals surface area contributed by atoms with E-state index in [9.17, 15) is 10.2 Å². The minimum absolute atomic E-state index is 0.0568. The van der Waals surface area contributed by atoms with Crippen LogP contribution in [0.5, 0.6) is 11.8 Å². The molecule has 1 aromatic carbocycles. The molecular formula is C11H11NO2. The van der Waals surface area contributed by atoms with Crippen LogP contribution >= 0.6 is 0 Å². The summed E-state index contributed by atoms with van der Waals surface area (Å²) in [6, 6.07) is 11.0. The molecule has 0 aliphatic rings. The van der Waals surface area contributed by atoms with Crippen LogP contribution in [0.15, 0.2) is 36.4 Å². The molecule has 14 heavy (non-hydrogen) atoms. The SMILES string of the molecule is Cn1c(O)cc(-c2ccccc2)c1O. The van der Waals surface area contributed by atoms with Gasteiger partial charge in [-0.25, -0.2) is 0 Å². The van der Waals surface area contributed by atoms with Crippen molar-refractivity contribution in [3.63, 3.8) is 0 Å². The first-order valence-electron chi connectivity index (χ1n) is 4.33. The maximum absolute atomic E-state index is 9.67. The fraction of sp³-hybridized carbons (Fsp3) is 0.0909. The number of aromatic hydroxyl groups is 2. The van der Waals surface area contributed by atoms with Crippen molar-refractivity contribution in [2.45, 2.75) is 0 Å². The standard InChI is InChI=1S/C11H11NO2/c1-12-10(13)7-9(11(12)14)8-5-3-2-4-6-8/h2-7,13-14H,1H3. The van der Waals surface area contributed by atoms with Gasteiger partial charge in [-0.15, -0.1) is 0 Å². The van der Waals surface area contributed by atoms with Crippen molar-refractivity contribution >= 4 is 0 Å². The van der Waals surface area contributed by atoms with Gasteiger partial charge in [0.15, 0.2) is 5.88 Å². The predicted octanol–water partition coefficient (Wildman–Crippen LogP) is 2.10. The Morgan fingerprint density at radius 3 is 2.21 bits per heavy atom. The first-order valence-corrected chi connectivity index (χ1v) is 4.33. The summed E-state index contributed by atoms with van der Waals surface area (Å²) >= 11 is 0. The molecule has 72 valence electrons. The van der Waals surface area contributed by atoms with Crippen molar-refractivity contribution in [2.75, 3.05) is 0 Å². The normalized spacial score (nSPS) is 10.4. The predicted molar refractivity (Wildman–Crippen MR) is 54.2 cm³/mol. The van der Waals surface area contributed by atoms with E-state index in [1.165, 1.54) is 4.57 Å². The molecule has 0 fully saturated rings. The molecule has 0 radical (unpaired) electrons. The van der Waals surface area contributed by atoms with Crippen molar-refractivity contribution in [1.29, 1.82) is 0 Å². The number of aromatic nitrogens is 1. The van der Waals surface area contributed by atoms with Gasteiger partial charge in [0.05, 0.1) is 0 Å². The average Bonchev–Trinajstić information content (AvgIpc) is 2.47. The van der Waals surface area contributed by atoms with E-state index >= 15 is 0 Å². The van der Waals surface area contributed by atoms with Gasteiger partial charge in [0.2, 0.25) is 5.88 Å². The minimum atomic E-state index is 0.0568. The quantitative estimate of drug-likeness (QED) is 0.721. The Labute approximate surface area is 81.9 Å². The van der Waals surface area contributed by atoms with E-state index in [1.807, 2.05) is 30.3 Å². The topological polar surface area (TPSA) is 45.4 Å². The molecule has 2 rings (SSSR count). The van der Waals surface area contributed by atoms with Crippen molar-refractivity contribution in [1.82, 2.24) is 4.57 Å². The zero-order chi connectivity index (χ0) is 10.1. The highest BCUT2D eigenvalue weighted by Crippen LogP contribution is 2.34. The van der Waals surface area contributed by atoms with Crippen LogP contribution in [0.1, 0.15) is 0 Å². The summed E-state index contributed by atoms with van der Waals surface area (Å²) in [6.45, 7) is 0. The summed E-state index contributed by atoms with van der Waals surface area (Å²) in [5, 5.41) is 19.1. The van der Waals surface area contributed by atoms with Crippen LogP contribution < -0.4 is 0 Å². The molecule has 0 bridgehead atoms. The zero-order valence-corrected chi connectivity index (χ0v) is 7.81. The lowest BCUT2D eigenvalue weighted by Crippen LogP contribution is -1.84. The smallest absolute Gasteiger partial charge is 0.201 e. The minimum Gasteiger partial charge on any atom is -0.494 e. The van der Waals surface area contributed by atoms with E-state index in [2.05, 4.69) is 0 Å². The Kier molecular flexibility index (Phi) is 1.93. The fourth-order valence-electron chi connectivity index (χ4n) is 1.41. The summed E-state index contributed by atoms with van der Waals surface area (Å²) in [4.78, 5) is 0. The Morgan fingerprint density at radius 1 is 1.07 bits per heavy atom. The highest BCUT2D eigenvalue weighted by molar-refractivity contribution is 5.70. The summed E-state index contributed by atoms with van der Waals surface area (Å²) in [5.41, 5.74) is 1.53. The van der Waals surface area contributed by atoms with E-state index in [0.717, 1.165) is 5.56 Å². The largest absolute Gasteiger partial charge is 0.494 e. The van der Waals surface area contributed by atoms with Crippen molar-refractivity contribution in [2.24, 2.45) is 7.05 Å². The number of hydrogen-bond acceptors (Lipinski definition) is 2. The lowest BCUT2D eigenvalue weighted by molar-refractivity contribution is 0.387. The Bertz CT molecular complexity index is 446. The molecule has 0 amide bonds. The molecule has 0 saturated carbocycles. The molecule has 0 aliphatic carbocycles. The van der Waals surface area contributed by atoms with Gasteiger partial charge < -0.3 is 10.2 Å². The molecule has 0 unspecified atom stereocenters. The first kappa shape index (κ1) is 8.69. The molecule has 0 atom stereocenters. The third-order valence-corrected chi connectivity index (χ3v) is 2.26. The maximum Gasteiger partial charge on any atom is 0.201 e. The molecule has 1 aromatic heterocycles. The van der Waals surface area contributed by atoms with Gasteiger partial charge in [-0.1, -0.05) is 30.3 Å². The number of hydrogen-bond donors (Lipinski definition) is 2. The number of rotatable bonds is 1. The van der Waals surface area contributed by atoms with Crippen molar-refractivity contribution in [3.8, 4) is 22.9 Å². The summed E-state index contributed by atoms with van der Waals surface area (Å²) in [6.07, 6.45) is 0. The van der Waals surface area contributed by atoms with E-state index in [-0.39, 0.29) is 11.8 Å². The highest BCUT2D eigenvalue weighted by atomic mass is 16.3. The van der Waals surface area contributed by atoms with E-state index < -0.39 is 0 Å². The number of benzene rings is 1. The van der Waals surface area contributed by atoms with Crippen molar-refractivity contribution < 1.29 is 10.2 Å². The van der Waals surface area contributed by atoms with Gasteiger partial charge in [-0.3, -0.25) is 4.57 Å². The third kappa shape index (κ3) is 1.23. The van der Waals surface area contributed by atoms with Crippen LogP contribution in [0.4, 0.5) is 0 Å². The summed E-state index contributed by atoms with van der Waals surface area (Å²) in [7, 11) is 1.61. The summed E-state index contributed by atoms with van der Waals surface area (Å²) in [5.74, 6) is 0.134. The summed E-state index contributed by atoms with van der Waals surface area (Å²) < 4.78 is 1.34. The molecule has 2 N–H and O–H groups in total. The van der Waals surface area contributed by atoms with E-state index in [1.54, 1.807) is 13.1 Å². The molecule has 2 aromatic rings. The first-order chi connectivity index (χ1) is 6.70. The van der Waals surface area contributed by atoms with E-state index in [4.69, 9.17) is 0 Å². The Morgan fingerprint density at radius 2 is 1.71 bits per heavy atom. The Balaban J connectivity index is 2.58. The average molecular weight is 189 g/mol. The Hall–Kier alpha value is -1.90. The molecule has 0 spiro atoms. The van der Waals surface area contributed by atoms with Gasteiger partial charge >= 0.3 is 0 Å². The molecule has 0 saturated heterocycles. The third-order valence-electron chi connectivity index (χ3n) is 2.26. The zero-order valence-electron chi connectivity index (χ0n) is 7.81. The highest BCUT2D eigenvalue weighted by Gasteiger charge is 2.11. The molecular weight excluding hydrogens is 178 g/mol.